The summed E-state index contributed by atoms with van der Waals surface area (Å²) in [6, 6.07) is 13.0. The summed E-state index contributed by atoms with van der Waals surface area (Å²) < 4.78 is 15.4. The number of benzene rings is 1. The summed E-state index contributed by atoms with van der Waals surface area (Å²) in [5.74, 6) is 0.677. The van der Waals surface area contributed by atoms with Gasteiger partial charge >= 0.3 is 0 Å². The van der Waals surface area contributed by atoms with Crippen LogP contribution >= 0.6 is 0 Å². The van der Waals surface area contributed by atoms with E-state index in [-0.39, 0.29) is 5.82 Å². The Labute approximate surface area is 179 Å². The number of hydrogen-bond acceptors (Lipinski definition) is 6. The van der Waals surface area contributed by atoms with Gasteiger partial charge in [-0.25, -0.2) is 13.9 Å². The first-order valence-corrected chi connectivity index (χ1v) is 10.7. The number of halogens is 1. The Hall–Kier alpha value is -3.39. The van der Waals surface area contributed by atoms with Gasteiger partial charge < -0.3 is 4.90 Å². The van der Waals surface area contributed by atoms with Crippen LogP contribution in [0.4, 0.5) is 10.2 Å². The molecule has 4 aromatic rings. The molecule has 0 aliphatic carbocycles. The minimum Gasteiger partial charge on any atom is -0.352 e. The van der Waals surface area contributed by atoms with Gasteiger partial charge in [-0.05, 0) is 61.9 Å². The first-order valence-electron chi connectivity index (χ1n) is 10.7. The van der Waals surface area contributed by atoms with Crippen molar-refractivity contribution in [1.29, 1.82) is 0 Å². The number of fused-ring (bicyclic) bond motifs is 2. The van der Waals surface area contributed by atoms with Crippen molar-refractivity contribution in [3.05, 3.63) is 60.7 Å². The van der Waals surface area contributed by atoms with Crippen molar-refractivity contribution in [1.82, 2.24) is 29.7 Å². The molecule has 0 N–H and O–H groups in total. The van der Waals surface area contributed by atoms with E-state index in [4.69, 9.17) is 10.1 Å². The van der Waals surface area contributed by atoms with E-state index in [0.29, 0.717) is 6.04 Å². The van der Waals surface area contributed by atoms with Crippen molar-refractivity contribution < 1.29 is 4.39 Å². The molecular formula is C23H22FN7. The normalized spacial score (nSPS) is 19.1. The lowest BCUT2D eigenvalue weighted by Gasteiger charge is -2.38. The molecule has 0 amide bonds. The van der Waals surface area contributed by atoms with Crippen LogP contribution in [0.3, 0.4) is 0 Å². The molecule has 7 nitrogen and oxygen atoms in total. The predicted molar refractivity (Wildman–Crippen MR) is 116 cm³/mol. The Morgan fingerprint density at radius 2 is 1.81 bits per heavy atom. The van der Waals surface area contributed by atoms with E-state index in [1.807, 2.05) is 16.6 Å². The standard InChI is InChI=1S/C23H22FN7/c24-18-5-3-16(4-6-18)22-23(17-9-10-25-26-14-17)31-20(27-22)7-8-21(28-31)30-13-12-29-11-1-2-19(29)15-30/h3-10,14,19H,1-2,11-13,15H2/t19-/m0/s1. The zero-order valence-electron chi connectivity index (χ0n) is 17.0. The smallest absolute Gasteiger partial charge is 0.155 e. The number of rotatable bonds is 3. The van der Waals surface area contributed by atoms with Gasteiger partial charge in [-0.15, -0.1) is 5.10 Å². The second-order valence-corrected chi connectivity index (χ2v) is 8.19. The van der Waals surface area contributed by atoms with Gasteiger partial charge in [0.25, 0.3) is 0 Å². The quantitative estimate of drug-likeness (QED) is 0.512. The highest BCUT2D eigenvalue weighted by molar-refractivity contribution is 5.81. The molecule has 2 aliphatic rings. The van der Waals surface area contributed by atoms with Crippen LogP contribution in [0.15, 0.2) is 54.9 Å². The molecule has 0 unspecified atom stereocenters. The fraction of sp³-hybridized carbons (Fsp3) is 0.304. The highest BCUT2D eigenvalue weighted by Gasteiger charge is 2.31. The van der Waals surface area contributed by atoms with Gasteiger partial charge in [-0.1, -0.05) is 0 Å². The Kier molecular flexibility index (Phi) is 4.38. The van der Waals surface area contributed by atoms with E-state index in [0.717, 1.165) is 53.6 Å². The monoisotopic (exact) mass is 415 g/mol. The predicted octanol–water partition coefficient (Wildman–Crippen LogP) is 3.28. The van der Waals surface area contributed by atoms with Crippen molar-refractivity contribution in [2.75, 3.05) is 31.1 Å². The zero-order valence-corrected chi connectivity index (χ0v) is 17.0. The molecular weight excluding hydrogens is 393 g/mol. The van der Waals surface area contributed by atoms with E-state index in [1.165, 1.54) is 31.5 Å². The van der Waals surface area contributed by atoms with Crippen LogP contribution < -0.4 is 4.90 Å². The Bertz CT molecular complexity index is 1220. The minimum absolute atomic E-state index is 0.272. The van der Waals surface area contributed by atoms with Crippen LogP contribution in [-0.2, 0) is 0 Å². The molecule has 31 heavy (non-hydrogen) atoms. The maximum Gasteiger partial charge on any atom is 0.155 e. The van der Waals surface area contributed by atoms with Crippen LogP contribution in [0.25, 0.3) is 28.2 Å². The summed E-state index contributed by atoms with van der Waals surface area (Å²) in [4.78, 5) is 9.79. The largest absolute Gasteiger partial charge is 0.352 e. The molecule has 3 aromatic heterocycles. The van der Waals surface area contributed by atoms with Crippen molar-refractivity contribution in [3.8, 4) is 22.5 Å². The maximum absolute atomic E-state index is 13.5. The molecule has 8 heteroatoms. The highest BCUT2D eigenvalue weighted by atomic mass is 19.1. The van der Waals surface area contributed by atoms with Crippen LogP contribution in [0.2, 0.25) is 0 Å². The van der Waals surface area contributed by atoms with Gasteiger partial charge in [0.2, 0.25) is 0 Å². The number of piperazine rings is 1. The fourth-order valence-corrected chi connectivity index (χ4v) is 4.79. The third-order valence-electron chi connectivity index (χ3n) is 6.35. The number of anilines is 1. The molecule has 6 rings (SSSR count). The van der Waals surface area contributed by atoms with Gasteiger partial charge in [0, 0.05) is 36.8 Å². The van der Waals surface area contributed by atoms with E-state index in [2.05, 4.69) is 26.1 Å². The zero-order chi connectivity index (χ0) is 20.8. The lowest BCUT2D eigenvalue weighted by molar-refractivity contribution is 0.230. The number of nitrogens with zero attached hydrogens (tertiary/aromatic N) is 7. The summed E-state index contributed by atoms with van der Waals surface area (Å²) in [5, 5.41) is 13.0. The van der Waals surface area contributed by atoms with Crippen LogP contribution in [0, 0.1) is 5.82 Å². The van der Waals surface area contributed by atoms with Gasteiger partial charge in [-0.2, -0.15) is 10.2 Å². The minimum atomic E-state index is -0.272. The van der Waals surface area contributed by atoms with Crippen LogP contribution in [-0.4, -0.2) is 61.9 Å². The summed E-state index contributed by atoms with van der Waals surface area (Å²) in [5.41, 5.74) is 4.03. The maximum atomic E-state index is 13.5. The fourth-order valence-electron chi connectivity index (χ4n) is 4.79. The topological polar surface area (TPSA) is 62.5 Å². The van der Waals surface area contributed by atoms with Crippen molar-refractivity contribution in [3.63, 3.8) is 0 Å². The number of hydrogen-bond donors (Lipinski definition) is 0. The molecule has 0 spiro atoms. The average Bonchev–Trinajstić information content (AvgIpc) is 3.43. The highest BCUT2D eigenvalue weighted by Crippen LogP contribution is 2.33. The van der Waals surface area contributed by atoms with Gasteiger partial charge in [0.05, 0.1) is 18.1 Å². The second-order valence-electron chi connectivity index (χ2n) is 8.19. The van der Waals surface area contributed by atoms with Crippen molar-refractivity contribution in [2.24, 2.45) is 0 Å². The Balaban J connectivity index is 1.48. The molecule has 0 saturated carbocycles. The second kappa shape index (κ2) is 7.39. The van der Waals surface area contributed by atoms with Gasteiger partial charge in [0.1, 0.15) is 17.3 Å². The van der Waals surface area contributed by atoms with Gasteiger partial charge in [0.15, 0.2) is 5.65 Å². The summed E-state index contributed by atoms with van der Waals surface area (Å²) >= 11 is 0. The number of aromatic nitrogens is 5. The molecule has 1 atom stereocenters. The lowest BCUT2D eigenvalue weighted by Crippen LogP contribution is -2.50. The van der Waals surface area contributed by atoms with Crippen molar-refractivity contribution >= 4 is 11.5 Å². The molecule has 0 radical (unpaired) electrons. The first-order chi connectivity index (χ1) is 15.3. The first kappa shape index (κ1) is 18.4. The van der Waals surface area contributed by atoms with E-state index in [1.54, 1.807) is 24.5 Å². The summed E-state index contributed by atoms with van der Waals surface area (Å²) in [6.45, 7) is 4.27. The van der Waals surface area contributed by atoms with Crippen LogP contribution in [0.1, 0.15) is 12.8 Å². The summed E-state index contributed by atoms with van der Waals surface area (Å²) in [7, 11) is 0. The van der Waals surface area contributed by atoms with E-state index in [9.17, 15) is 4.39 Å². The molecule has 156 valence electrons. The number of imidazole rings is 1. The van der Waals surface area contributed by atoms with Gasteiger partial charge in [-0.3, -0.25) is 4.90 Å². The SMILES string of the molecule is Fc1ccc(-c2nc3ccc(N4CCN5CCC[C@H]5C4)nn3c2-c2ccnnc2)cc1. The molecule has 2 saturated heterocycles. The van der Waals surface area contributed by atoms with Crippen molar-refractivity contribution in [2.45, 2.75) is 18.9 Å². The lowest BCUT2D eigenvalue weighted by atomic mass is 10.1. The molecule has 2 aliphatic heterocycles. The molecule has 0 bridgehead atoms. The molecule has 5 heterocycles. The van der Waals surface area contributed by atoms with E-state index >= 15 is 0 Å². The third kappa shape index (κ3) is 3.23. The Morgan fingerprint density at radius 1 is 0.903 bits per heavy atom. The Morgan fingerprint density at radius 3 is 2.65 bits per heavy atom. The van der Waals surface area contributed by atoms with Crippen LogP contribution in [0.5, 0.6) is 0 Å². The van der Waals surface area contributed by atoms with E-state index < -0.39 is 0 Å². The average molecular weight is 415 g/mol. The third-order valence-corrected chi connectivity index (χ3v) is 6.35. The molecule has 2 fully saturated rings. The summed E-state index contributed by atoms with van der Waals surface area (Å²) in [6.07, 6.45) is 5.91. The molecule has 1 aromatic carbocycles.